The average molecular weight is 162 g/mol. The van der Waals surface area contributed by atoms with Gasteiger partial charge in [-0.15, -0.1) is 0 Å². The van der Waals surface area contributed by atoms with Crippen molar-refractivity contribution in [2.24, 2.45) is 5.92 Å². The Morgan fingerprint density at radius 2 is 1.92 bits per heavy atom. The second-order valence-electron chi connectivity index (χ2n) is 3.16. The van der Waals surface area contributed by atoms with Crippen molar-refractivity contribution in [2.45, 2.75) is 13.8 Å². The van der Waals surface area contributed by atoms with Crippen molar-refractivity contribution in [1.82, 2.24) is 0 Å². The number of hydrogen-bond donors (Lipinski definition) is 1. The maximum atomic E-state index is 9.37. The zero-order valence-corrected chi connectivity index (χ0v) is 7.49. The van der Waals surface area contributed by atoms with E-state index < -0.39 is 0 Å². The van der Waals surface area contributed by atoms with E-state index in [1.807, 2.05) is 24.3 Å². The molecule has 0 saturated carbocycles. The Kier molecular flexibility index (Phi) is 2.92. The highest BCUT2D eigenvalue weighted by atomic mass is 16.3. The summed E-state index contributed by atoms with van der Waals surface area (Å²) in [5.74, 6) is 0.860. The lowest BCUT2D eigenvalue weighted by molar-refractivity contribution is 0.474. The zero-order valence-electron chi connectivity index (χ0n) is 7.49. The molecule has 0 fully saturated rings. The predicted octanol–water partition coefficient (Wildman–Crippen LogP) is 3.06. The van der Waals surface area contributed by atoms with Gasteiger partial charge in [0.2, 0.25) is 0 Å². The molecular formula is C11H14O. The van der Waals surface area contributed by atoms with Crippen LogP contribution in [0.5, 0.6) is 5.75 Å². The summed E-state index contributed by atoms with van der Waals surface area (Å²) in [5.41, 5.74) is 0.881. The lowest BCUT2D eigenvalue weighted by Gasteiger charge is -1.98. The van der Waals surface area contributed by atoms with E-state index in [1.165, 1.54) is 0 Å². The summed E-state index contributed by atoms with van der Waals surface area (Å²) in [4.78, 5) is 0. The summed E-state index contributed by atoms with van der Waals surface area (Å²) in [7, 11) is 0. The molecule has 0 radical (unpaired) electrons. The van der Waals surface area contributed by atoms with Crippen LogP contribution in [0.15, 0.2) is 30.3 Å². The Balaban J connectivity index is 2.82. The molecule has 0 spiro atoms. The smallest absolute Gasteiger partial charge is 0.122 e. The molecule has 64 valence electrons. The molecule has 1 nitrogen and oxygen atoms in total. The molecule has 1 aromatic carbocycles. The van der Waals surface area contributed by atoms with Crippen molar-refractivity contribution in [1.29, 1.82) is 0 Å². The van der Waals surface area contributed by atoms with Crippen LogP contribution in [0.2, 0.25) is 0 Å². The molecule has 1 aromatic rings. The molecule has 1 N–H and O–H groups in total. The van der Waals surface area contributed by atoms with Gasteiger partial charge in [0.25, 0.3) is 0 Å². The molecule has 0 saturated heterocycles. The second kappa shape index (κ2) is 3.96. The minimum Gasteiger partial charge on any atom is -0.507 e. The highest BCUT2D eigenvalue weighted by Gasteiger charge is 1.93. The van der Waals surface area contributed by atoms with E-state index in [0.29, 0.717) is 11.7 Å². The molecule has 0 amide bonds. The lowest BCUT2D eigenvalue weighted by atomic mass is 10.1. The summed E-state index contributed by atoms with van der Waals surface area (Å²) in [6.07, 6.45) is 4.01. The highest BCUT2D eigenvalue weighted by Crippen LogP contribution is 2.17. The number of phenolic OH excluding ortho intramolecular Hbond substituents is 1. The van der Waals surface area contributed by atoms with Gasteiger partial charge in [0.05, 0.1) is 0 Å². The number of phenols is 1. The van der Waals surface area contributed by atoms with E-state index in [-0.39, 0.29) is 0 Å². The minimum atomic E-state index is 0.342. The third kappa shape index (κ3) is 2.42. The van der Waals surface area contributed by atoms with Gasteiger partial charge in [-0.05, 0) is 12.0 Å². The first-order valence-electron chi connectivity index (χ1n) is 4.16. The normalized spacial score (nSPS) is 11.2. The molecule has 0 heterocycles. The molecule has 0 aliphatic heterocycles. The van der Waals surface area contributed by atoms with Gasteiger partial charge < -0.3 is 5.11 Å². The summed E-state index contributed by atoms with van der Waals surface area (Å²) in [6.45, 7) is 4.22. The first-order valence-corrected chi connectivity index (χ1v) is 4.16. The van der Waals surface area contributed by atoms with Gasteiger partial charge in [0, 0.05) is 5.56 Å². The number of allylic oxidation sites excluding steroid dienone is 1. The monoisotopic (exact) mass is 162 g/mol. The summed E-state index contributed by atoms with van der Waals surface area (Å²) in [5, 5.41) is 9.37. The number of hydrogen-bond acceptors (Lipinski definition) is 1. The minimum absolute atomic E-state index is 0.342. The average Bonchev–Trinajstić information content (AvgIpc) is 2.03. The van der Waals surface area contributed by atoms with Gasteiger partial charge in [-0.2, -0.15) is 0 Å². The van der Waals surface area contributed by atoms with Crippen LogP contribution >= 0.6 is 0 Å². The second-order valence-corrected chi connectivity index (χ2v) is 3.16. The van der Waals surface area contributed by atoms with Crippen LogP contribution in [0.1, 0.15) is 19.4 Å². The van der Waals surface area contributed by atoms with Gasteiger partial charge in [-0.1, -0.05) is 44.2 Å². The largest absolute Gasteiger partial charge is 0.507 e. The van der Waals surface area contributed by atoms with Crippen LogP contribution in [0.3, 0.4) is 0 Å². The number of aromatic hydroxyl groups is 1. The van der Waals surface area contributed by atoms with Crippen LogP contribution < -0.4 is 0 Å². The van der Waals surface area contributed by atoms with E-state index in [1.54, 1.807) is 6.07 Å². The summed E-state index contributed by atoms with van der Waals surface area (Å²) < 4.78 is 0. The molecule has 0 unspecified atom stereocenters. The molecule has 1 rings (SSSR count). The van der Waals surface area contributed by atoms with Crippen LogP contribution in [0, 0.1) is 5.92 Å². The molecule has 0 aliphatic rings. The van der Waals surface area contributed by atoms with Gasteiger partial charge in [-0.3, -0.25) is 0 Å². The molecule has 0 atom stereocenters. The standard InChI is InChI=1S/C11H14O/c1-9(2)7-8-10-5-3-4-6-11(10)12/h3-9,12H,1-2H3/b8-7-. The third-order valence-corrected chi connectivity index (χ3v) is 1.60. The van der Waals surface area contributed by atoms with Crippen molar-refractivity contribution in [3.63, 3.8) is 0 Å². The van der Waals surface area contributed by atoms with E-state index in [0.717, 1.165) is 5.56 Å². The quantitative estimate of drug-likeness (QED) is 0.708. The van der Waals surface area contributed by atoms with E-state index in [4.69, 9.17) is 0 Å². The molecule has 12 heavy (non-hydrogen) atoms. The highest BCUT2D eigenvalue weighted by molar-refractivity contribution is 5.56. The van der Waals surface area contributed by atoms with E-state index >= 15 is 0 Å². The van der Waals surface area contributed by atoms with Crippen molar-refractivity contribution in [2.75, 3.05) is 0 Å². The summed E-state index contributed by atoms with van der Waals surface area (Å²) in [6, 6.07) is 7.33. The molecule has 0 aliphatic carbocycles. The Bertz CT molecular complexity index is 274. The van der Waals surface area contributed by atoms with Crippen LogP contribution in [0.4, 0.5) is 0 Å². The maximum Gasteiger partial charge on any atom is 0.122 e. The van der Waals surface area contributed by atoms with Crippen LogP contribution in [-0.4, -0.2) is 5.11 Å². The molecule has 0 aromatic heterocycles. The fraction of sp³-hybridized carbons (Fsp3) is 0.273. The predicted molar refractivity (Wildman–Crippen MR) is 52.0 cm³/mol. The fourth-order valence-electron chi connectivity index (χ4n) is 0.925. The Hall–Kier alpha value is -1.24. The van der Waals surface area contributed by atoms with Gasteiger partial charge >= 0.3 is 0 Å². The third-order valence-electron chi connectivity index (χ3n) is 1.60. The molecule has 0 bridgehead atoms. The van der Waals surface area contributed by atoms with Crippen LogP contribution in [0.25, 0.3) is 6.08 Å². The van der Waals surface area contributed by atoms with Crippen molar-refractivity contribution in [3.8, 4) is 5.75 Å². The topological polar surface area (TPSA) is 20.2 Å². The van der Waals surface area contributed by atoms with Crippen molar-refractivity contribution < 1.29 is 5.11 Å². The summed E-state index contributed by atoms with van der Waals surface area (Å²) >= 11 is 0. The maximum absolute atomic E-state index is 9.37. The number of benzene rings is 1. The first kappa shape index (κ1) is 8.85. The van der Waals surface area contributed by atoms with Gasteiger partial charge in [0.1, 0.15) is 5.75 Å². The zero-order chi connectivity index (χ0) is 8.97. The van der Waals surface area contributed by atoms with Crippen molar-refractivity contribution >= 4 is 6.08 Å². The van der Waals surface area contributed by atoms with Gasteiger partial charge in [0.15, 0.2) is 0 Å². The van der Waals surface area contributed by atoms with Gasteiger partial charge in [-0.25, -0.2) is 0 Å². The fourth-order valence-corrected chi connectivity index (χ4v) is 0.925. The molecular weight excluding hydrogens is 148 g/mol. The SMILES string of the molecule is CC(C)/C=C\c1ccccc1O. The number of rotatable bonds is 2. The Morgan fingerprint density at radius 1 is 1.25 bits per heavy atom. The Morgan fingerprint density at radius 3 is 2.50 bits per heavy atom. The van der Waals surface area contributed by atoms with Crippen molar-refractivity contribution in [3.05, 3.63) is 35.9 Å². The Labute approximate surface area is 73.4 Å². The number of para-hydroxylation sites is 1. The first-order chi connectivity index (χ1) is 5.70. The van der Waals surface area contributed by atoms with E-state index in [2.05, 4.69) is 19.9 Å². The molecule has 1 heteroatoms. The van der Waals surface area contributed by atoms with E-state index in [9.17, 15) is 5.11 Å². The lowest BCUT2D eigenvalue weighted by Crippen LogP contribution is -1.78. The van der Waals surface area contributed by atoms with Crippen LogP contribution in [-0.2, 0) is 0 Å².